The molecule has 132 valence electrons. The van der Waals surface area contributed by atoms with Crippen LogP contribution in [0.2, 0.25) is 0 Å². The minimum absolute atomic E-state index is 0.198. The first-order chi connectivity index (χ1) is 12.0. The number of piperazine rings is 1. The molecule has 1 saturated heterocycles. The summed E-state index contributed by atoms with van der Waals surface area (Å²) in [6, 6.07) is 15.1. The van der Waals surface area contributed by atoms with E-state index >= 15 is 0 Å². The van der Waals surface area contributed by atoms with Gasteiger partial charge in [0.1, 0.15) is 5.82 Å². The van der Waals surface area contributed by atoms with Crippen molar-refractivity contribution in [2.24, 2.45) is 0 Å². The van der Waals surface area contributed by atoms with Crippen molar-refractivity contribution in [1.29, 1.82) is 0 Å². The number of halogens is 1. The van der Waals surface area contributed by atoms with Gasteiger partial charge in [-0.25, -0.2) is 4.39 Å². The zero-order chi connectivity index (χ0) is 17.8. The van der Waals surface area contributed by atoms with Crippen molar-refractivity contribution in [2.75, 3.05) is 36.4 Å². The zero-order valence-corrected chi connectivity index (χ0v) is 15.5. The molecule has 1 aliphatic rings. The zero-order valence-electron chi connectivity index (χ0n) is 14.7. The fourth-order valence-corrected chi connectivity index (χ4v) is 3.27. The van der Waals surface area contributed by atoms with Crippen LogP contribution in [0, 0.1) is 5.82 Å². The van der Waals surface area contributed by atoms with Gasteiger partial charge in [0.05, 0.1) is 0 Å². The van der Waals surface area contributed by atoms with E-state index in [9.17, 15) is 4.39 Å². The first kappa shape index (κ1) is 17.7. The predicted octanol–water partition coefficient (Wildman–Crippen LogP) is 4.47. The Morgan fingerprint density at radius 2 is 1.56 bits per heavy atom. The number of hydrogen-bond donors (Lipinski definition) is 1. The van der Waals surface area contributed by atoms with Crippen LogP contribution in [0.15, 0.2) is 48.5 Å². The number of hydrogen-bond acceptors (Lipinski definition) is 2. The Morgan fingerprint density at radius 1 is 0.960 bits per heavy atom. The summed E-state index contributed by atoms with van der Waals surface area (Å²) in [6.07, 6.45) is 0. The monoisotopic (exact) mass is 357 g/mol. The van der Waals surface area contributed by atoms with Crippen molar-refractivity contribution >= 4 is 28.7 Å². The van der Waals surface area contributed by atoms with E-state index in [1.165, 1.54) is 17.7 Å². The summed E-state index contributed by atoms with van der Waals surface area (Å²) in [4.78, 5) is 4.45. The summed E-state index contributed by atoms with van der Waals surface area (Å²) in [5.41, 5.74) is 3.41. The van der Waals surface area contributed by atoms with E-state index in [4.69, 9.17) is 12.2 Å². The fourth-order valence-electron chi connectivity index (χ4n) is 2.97. The number of thiocarbonyl (C=S) groups is 1. The van der Waals surface area contributed by atoms with Gasteiger partial charge in [0, 0.05) is 37.6 Å². The summed E-state index contributed by atoms with van der Waals surface area (Å²) in [5.74, 6) is 0.330. The van der Waals surface area contributed by atoms with Crippen LogP contribution in [0.1, 0.15) is 25.3 Å². The maximum absolute atomic E-state index is 13.0. The number of rotatable bonds is 3. The largest absolute Gasteiger partial charge is 0.368 e. The Labute approximate surface area is 154 Å². The van der Waals surface area contributed by atoms with E-state index in [-0.39, 0.29) is 5.82 Å². The molecule has 0 atom stereocenters. The molecule has 0 radical (unpaired) electrons. The molecule has 5 heteroatoms. The van der Waals surface area contributed by atoms with Crippen molar-refractivity contribution in [3.8, 4) is 0 Å². The highest BCUT2D eigenvalue weighted by Gasteiger charge is 2.19. The molecule has 1 fully saturated rings. The topological polar surface area (TPSA) is 18.5 Å². The third-order valence-corrected chi connectivity index (χ3v) is 4.95. The molecule has 0 saturated carbocycles. The van der Waals surface area contributed by atoms with Crippen LogP contribution in [-0.4, -0.2) is 36.2 Å². The molecule has 1 N–H and O–H groups in total. The van der Waals surface area contributed by atoms with Crippen LogP contribution in [-0.2, 0) is 0 Å². The van der Waals surface area contributed by atoms with Gasteiger partial charge in [-0.05, 0) is 60.1 Å². The third kappa shape index (κ3) is 4.48. The summed E-state index contributed by atoms with van der Waals surface area (Å²) in [5, 5.41) is 4.09. The Bertz CT molecular complexity index is 705. The van der Waals surface area contributed by atoms with Crippen LogP contribution >= 0.6 is 12.2 Å². The smallest absolute Gasteiger partial charge is 0.173 e. The second-order valence-electron chi connectivity index (χ2n) is 6.66. The molecule has 1 heterocycles. The van der Waals surface area contributed by atoms with Crippen LogP contribution in [0.25, 0.3) is 0 Å². The minimum Gasteiger partial charge on any atom is -0.368 e. The Balaban J connectivity index is 1.53. The van der Waals surface area contributed by atoms with Gasteiger partial charge in [-0.1, -0.05) is 26.0 Å². The molecule has 0 aromatic heterocycles. The second kappa shape index (κ2) is 7.83. The molecule has 0 aliphatic carbocycles. The van der Waals surface area contributed by atoms with Crippen molar-refractivity contribution in [2.45, 2.75) is 19.8 Å². The lowest BCUT2D eigenvalue weighted by Crippen LogP contribution is -2.50. The maximum Gasteiger partial charge on any atom is 0.173 e. The van der Waals surface area contributed by atoms with E-state index in [0.29, 0.717) is 5.92 Å². The standard InChI is InChI=1S/C20H24FN3S/c1-15(2)16-3-7-18(8-4-16)22-20(25)24-13-11-23(12-14-24)19-9-5-17(21)6-10-19/h3-10,15H,11-14H2,1-2H3,(H,22,25). The van der Waals surface area contributed by atoms with Crippen LogP contribution < -0.4 is 10.2 Å². The molecule has 0 bridgehead atoms. The molecular weight excluding hydrogens is 333 g/mol. The van der Waals surface area contributed by atoms with E-state index in [0.717, 1.165) is 42.7 Å². The molecule has 0 unspecified atom stereocenters. The molecule has 0 amide bonds. The van der Waals surface area contributed by atoms with E-state index in [1.807, 2.05) is 12.1 Å². The highest BCUT2D eigenvalue weighted by atomic mass is 32.1. The first-order valence-corrected chi connectivity index (χ1v) is 9.10. The van der Waals surface area contributed by atoms with Crippen LogP contribution in [0.5, 0.6) is 0 Å². The van der Waals surface area contributed by atoms with E-state index in [1.54, 1.807) is 0 Å². The lowest BCUT2D eigenvalue weighted by molar-refractivity contribution is 0.391. The lowest BCUT2D eigenvalue weighted by atomic mass is 10.0. The second-order valence-corrected chi connectivity index (χ2v) is 7.04. The Hall–Kier alpha value is -2.14. The van der Waals surface area contributed by atoms with E-state index in [2.05, 4.69) is 53.2 Å². The third-order valence-electron chi connectivity index (χ3n) is 4.59. The molecule has 3 nitrogen and oxygen atoms in total. The van der Waals surface area contributed by atoms with Gasteiger partial charge in [0.2, 0.25) is 0 Å². The molecule has 0 spiro atoms. The molecule has 25 heavy (non-hydrogen) atoms. The van der Waals surface area contributed by atoms with Gasteiger partial charge in [-0.3, -0.25) is 0 Å². The number of nitrogens with zero attached hydrogens (tertiary/aromatic N) is 2. The number of nitrogens with one attached hydrogen (secondary N) is 1. The Kier molecular flexibility index (Phi) is 5.53. The fraction of sp³-hybridized carbons (Fsp3) is 0.350. The molecule has 3 rings (SSSR count). The minimum atomic E-state index is -0.198. The van der Waals surface area contributed by atoms with Gasteiger partial charge in [0.25, 0.3) is 0 Å². The molecule has 2 aromatic rings. The summed E-state index contributed by atoms with van der Waals surface area (Å²) < 4.78 is 13.0. The molecule has 1 aliphatic heterocycles. The normalized spacial score (nSPS) is 14.7. The summed E-state index contributed by atoms with van der Waals surface area (Å²) >= 11 is 5.56. The molecule has 2 aromatic carbocycles. The van der Waals surface area contributed by atoms with E-state index < -0.39 is 0 Å². The number of anilines is 2. The van der Waals surface area contributed by atoms with Gasteiger partial charge in [-0.2, -0.15) is 0 Å². The average Bonchev–Trinajstić information content (AvgIpc) is 2.63. The number of benzene rings is 2. The maximum atomic E-state index is 13.0. The lowest BCUT2D eigenvalue weighted by Gasteiger charge is -2.37. The van der Waals surface area contributed by atoms with Crippen molar-refractivity contribution < 1.29 is 4.39 Å². The quantitative estimate of drug-likeness (QED) is 0.817. The van der Waals surface area contributed by atoms with Crippen molar-refractivity contribution in [3.63, 3.8) is 0 Å². The van der Waals surface area contributed by atoms with Gasteiger partial charge in [0.15, 0.2) is 5.11 Å². The Morgan fingerprint density at radius 3 is 2.12 bits per heavy atom. The highest BCUT2D eigenvalue weighted by Crippen LogP contribution is 2.19. The van der Waals surface area contributed by atoms with Crippen molar-refractivity contribution in [3.05, 3.63) is 59.9 Å². The highest BCUT2D eigenvalue weighted by molar-refractivity contribution is 7.80. The average molecular weight is 357 g/mol. The SMILES string of the molecule is CC(C)c1ccc(NC(=S)N2CCN(c3ccc(F)cc3)CC2)cc1. The first-order valence-electron chi connectivity index (χ1n) is 8.69. The predicted molar refractivity (Wildman–Crippen MR) is 107 cm³/mol. The molecular formula is C20H24FN3S. The van der Waals surface area contributed by atoms with Gasteiger partial charge < -0.3 is 15.1 Å². The van der Waals surface area contributed by atoms with Gasteiger partial charge in [-0.15, -0.1) is 0 Å². The van der Waals surface area contributed by atoms with Crippen molar-refractivity contribution in [1.82, 2.24) is 4.90 Å². The summed E-state index contributed by atoms with van der Waals surface area (Å²) in [7, 11) is 0. The van der Waals surface area contributed by atoms with Gasteiger partial charge >= 0.3 is 0 Å². The van der Waals surface area contributed by atoms with Crippen LogP contribution in [0.3, 0.4) is 0 Å². The summed E-state index contributed by atoms with van der Waals surface area (Å²) in [6.45, 7) is 7.83. The van der Waals surface area contributed by atoms with Crippen LogP contribution in [0.4, 0.5) is 15.8 Å².